The molecule has 3 nitrogen and oxygen atoms in total. The van der Waals surface area contributed by atoms with Gasteiger partial charge in [0.1, 0.15) is 6.17 Å². The zero-order valence-corrected chi connectivity index (χ0v) is 8.52. The highest BCUT2D eigenvalue weighted by atomic mass is 16.1. The van der Waals surface area contributed by atoms with E-state index in [1.54, 1.807) is 0 Å². The lowest BCUT2D eigenvalue weighted by atomic mass is 9.87. The topological polar surface area (TPSA) is 32.3 Å². The number of fused-ring (bicyclic) bond motifs is 2. The summed E-state index contributed by atoms with van der Waals surface area (Å²) in [6.45, 7) is 0. The van der Waals surface area contributed by atoms with E-state index < -0.39 is 0 Å². The van der Waals surface area contributed by atoms with Crippen LogP contribution < -0.4 is 5.32 Å². The summed E-state index contributed by atoms with van der Waals surface area (Å²) in [6, 6.07) is 0.267. The monoisotopic (exact) mass is 202 g/mol. The number of allylic oxidation sites excluding steroid dienone is 2. The van der Waals surface area contributed by atoms with Gasteiger partial charge in [-0.25, -0.2) is 0 Å². The molecule has 3 rings (SSSR count). The van der Waals surface area contributed by atoms with Crippen molar-refractivity contribution >= 4 is 5.78 Å². The Hall–Kier alpha value is -1.35. The van der Waals surface area contributed by atoms with Crippen LogP contribution in [0.5, 0.6) is 0 Å². The van der Waals surface area contributed by atoms with Crippen LogP contribution in [0.1, 0.15) is 19.3 Å². The quantitative estimate of drug-likeness (QED) is 0.642. The fourth-order valence-electron chi connectivity index (χ4n) is 2.44. The third-order valence-corrected chi connectivity index (χ3v) is 3.24. The number of carbonyl (C=O) groups is 1. The van der Waals surface area contributed by atoms with E-state index in [1.807, 2.05) is 24.6 Å². The molecule has 0 amide bonds. The van der Waals surface area contributed by atoms with E-state index in [-0.39, 0.29) is 12.2 Å². The third-order valence-electron chi connectivity index (χ3n) is 3.24. The van der Waals surface area contributed by atoms with Crippen molar-refractivity contribution in [3.63, 3.8) is 0 Å². The van der Waals surface area contributed by atoms with Gasteiger partial charge in [0.2, 0.25) is 0 Å². The first-order valence-electron chi connectivity index (χ1n) is 5.48. The molecular weight excluding hydrogens is 188 g/mol. The van der Waals surface area contributed by atoms with Gasteiger partial charge >= 0.3 is 0 Å². The van der Waals surface area contributed by atoms with Crippen LogP contribution in [-0.4, -0.2) is 22.9 Å². The number of hydrogen-bond donors (Lipinski definition) is 1. The molecule has 2 heterocycles. The second-order valence-electron chi connectivity index (χ2n) is 4.24. The van der Waals surface area contributed by atoms with Crippen molar-refractivity contribution in [1.29, 1.82) is 0 Å². The SMILES string of the molecule is O=C1CCCC2NC3C=CC=CN3C=C12. The summed E-state index contributed by atoms with van der Waals surface area (Å²) in [5.74, 6) is 0.306. The van der Waals surface area contributed by atoms with E-state index in [2.05, 4.69) is 16.3 Å². The molecule has 0 radical (unpaired) electrons. The lowest BCUT2D eigenvalue weighted by molar-refractivity contribution is -0.117. The fourth-order valence-corrected chi connectivity index (χ4v) is 2.44. The summed E-state index contributed by atoms with van der Waals surface area (Å²) in [5, 5.41) is 3.49. The van der Waals surface area contributed by atoms with Gasteiger partial charge in [0.25, 0.3) is 0 Å². The average Bonchev–Trinajstić information content (AvgIpc) is 2.27. The maximum Gasteiger partial charge on any atom is 0.161 e. The van der Waals surface area contributed by atoms with Crippen molar-refractivity contribution in [2.24, 2.45) is 0 Å². The van der Waals surface area contributed by atoms with Gasteiger partial charge in [-0.05, 0) is 25.0 Å². The first-order valence-corrected chi connectivity index (χ1v) is 5.48. The summed E-state index contributed by atoms with van der Waals surface area (Å²) in [4.78, 5) is 13.8. The number of hydrogen-bond acceptors (Lipinski definition) is 3. The molecule has 15 heavy (non-hydrogen) atoms. The fraction of sp³-hybridized carbons (Fsp3) is 0.417. The van der Waals surface area contributed by atoms with Crippen molar-refractivity contribution in [3.8, 4) is 0 Å². The number of Topliss-reactive ketones (excluding diaryl/α,β-unsaturated/α-hetero) is 1. The predicted octanol–water partition coefficient (Wildman–Crippen LogP) is 1.31. The van der Waals surface area contributed by atoms with Crippen LogP contribution in [0.25, 0.3) is 0 Å². The first-order chi connectivity index (χ1) is 7.34. The molecule has 2 atom stereocenters. The zero-order valence-electron chi connectivity index (χ0n) is 8.52. The van der Waals surface area contributed by atoms with Crippen LogP contribution in [0.3, 0.4) is 0 Å². The number of nitrogens with zero attached hydrogens (tertiary/aromatic N) is 1. The standard InChI is InChI=1S/C12H14N2O/c15-11-5-3-4-10-9(11)8-14-7-2-1-6-12(14)13-10/h1-2,6-8,10,12-13H,3-5H2. The Morgan fingerprint density at radius 1 is 1.40 bits per heavy atom. The second-order valence-corrected chi connectivity index (χ2v) is 4.24. The van der Waals surface area contributed by atoms with Gasteiger partial charge in [0.15, 0.2) is 5.78 Å². The molecule has 0 aromatic rings. The Bertz CT molecular complexity index is 381. The minimum absolute atomic E-state index is 0.231. The molecule has 0 spiro atoms. The molecule has 1 aliphatic carbocycles. The Kier molecular flexibility index (Phi) is 1.99. The van der Waals surface area contributed by atoms with Crippen LogP contribution in [0.2, 0.25) is 0 Å². The molecule has 3 aliphatic rings. The lowest BCUT2D eigenvalue weighted by Gasteiger charge is -2.39. The smallest absolute Gasteiger partial charge is 0.161 e. The minimum Gasteiger partial charge on any atom is -0.334 e. The Morgan fingerprint density at radius 2 is 2.33 bits per heavy atom. The summed E-state index contributed by atoms with van der Waals surface area (Å²) in [6.07, 6.45) is 13.2. The van der Waals surface area contributed by atoms with Crippen molar-refractivity contribution in [2.45, 2.75) is 31.5 Å². The summed E-state index contributed by atoms with van der Waals surface area (Å²) >= 11 is 0. The van der Waals surface area contributed by atoms with E-state index in [0.717, 1.165) is 18.4 Å². The molecule has 1 N–H and O–H groups in total. The van der Waals surface area contributed by atoms with Gasteiger partial charge in [-0.2, -0.15) is 0 Å². The number of nitrogens with one attached hydrogen (secondary N) is 1. The van der Waals surface area contributed by atoms with Crippen molar-refractivity contribution in [2.75, 3.05) is 0 Å². The lowest BCUT2D eigenvalue weighted by Crippen LogP contribution is -2.52. The van der Waals surface area contributed by atoms with Crippen molar-refractivity contribution in [3.05, 3.63) is 36.2 Å². The van der Waals surface area contributed by atoms with Gasteiger partial charge in [0.05, 0.1) is 0 Å². The maximum absolute atomic E-state index is 11.7. The predicted molar refractivity (Wildman–Crippen MR) is 57.8 cm³/mol. The highest BCUT2D eigenvalue weighted by Gasteiger charge is 2.32. The third kappa shape index (κ3) is 1.43. The van der Waals surface area contributed by atoms with E-state index in [4.69, 9.17) is 0 Å². The molecule has 2 unspecified atom stereocenters. The zero-order chi connectivity index (χ0) is 10.3. The molecule has 78 valence electrons. The molecule has 0 aromatic carbocycles. The second kappa shape index (κ2) is 3.35. The first kappa shape index (κ1) is 8.92. The molecule has 1 fully saturated rings. The van der Waals surface area contributed by atoms with Gasteiger partial charge in [-0.15, -0.1) is 0 Å². The van der Waals surface area contributed by atoms with Crippen LogP contribution in [0, 0.1) is 0 Å². The van der Waals surface area contributed by atoms with Crippen LogP contribution >= 0.6 is 0 Å². The van der Waals surface area contributed by atoms with E-state index in [0.29, 0.717) is 12.2 Å². The van der Waals surface area contributed by atoms with E-state index in [1.165, 1.54) is 0 Å². The molecular formula is C12H14N2O. The van der Waals surface area contributed by atoms with Crippen LogP contribution in [0.4, 0.5) is 0 Å². The molecule has 2 aliphatic heterocycles. The molecule has 1 saturated carbocycles. The maximum atomic E-state index is 11.7. The Morgan fingerprint density at radius 3 is 3.27 bits per heavy atom. The average molecular weight is 202 g/mol. The number of ketones is 1. The summed E-state index contributed by atoms with van der Waals surface area (Å²) < 4.78 is 0. The van der Waals surface area contributed by atoms with Crippen molar-refractivity contribution in [1.82, 2.24) is 10.2 Å². The number of rotatable bonds is 0. The summed E-state index contributed by atoms with van der Waals surface area (Å²) in [5.41, 5.74) is 0.956. The highest BCUT2D eigenvalue weighted by molar-refractivity contribution is 5.97. The van der Waals surface area contributed by atoms with Crippen LogP contribution in [0.15, 0.2) is 36.2 Å². The molecule has 3 heteroatoms. The Balaban J connectivity index is 1.94. The van der Waals surface area contributed by atoms with Crippen LogP contribution in [-0.2, 0) is 4.79 Å². The minimum atomic E-state index is 0.231. The summed E-state index contributed by atoms with van der Waals surface area (Å²) in [7, 11) is 0. The van der Waals surface area contributed by atoms with Gasteiger partial charge < -0.3 is 4.90 Å². The van der Waals surface area contributed by atoms with Gasteiger partial charge in [-0.1, -0.05) is 6.08 Å². The number of carbonyl (C=O) groups excluding carboxylic acids is 1. The molecule has 0 saturated heterocycles. The highest BCUT2D eigenvalue weighted by Crippen LogP contribution is 2.26. The Labute approximate surface area is 89.1 Å². The molecule has 0 aromatic heterocycles. The molecule has 0 bridgehead atoms. The van der Waals surface area contributed by atoms with Gasteiger partial charge in [-0.3, -0.25) is 10.1 Å². The van der Waals surface area contributed by atoms with E-state index >= 15 is 0 Å². The normalized spacial score (nSPS) is 33.5. The van der Waals surface area contributed by atoms with Crippen molar-refractivity contribution < 1.29 is 4.79 Å². The largest absolute Gasteiger partial charge is 0.334 e. The van der Waals surface area contributed by atoms with E-state index in [9.17, 15) is 4.79 Å². The van der Waals surface area contributed by atoms with Gasteiger partial charge in [0, 0.05) is 30.4 Å².